The number of halogens is 1. The number of aryl methyl sites for hydroxylation is 2. The Kier molecular flexibility index (Phi) is 7.42. The summed E-state index contributed by atoms with van der Waals surface area (Å²) < 4.78 is 26.8. The maximum atomic E-state index is 12.9. The monoisotopic (exact) mass is 474 g/mol. The minimum atomic E-state index is -3.56. The van der Waals surface area contributed by atoms with Crippen LogP contribution in [0.2, 0.25) is 5.02 Å². The molecule has 0 fully saturated rings. The fourth-order valence-electron chi connectivity index (χ4n) is 3.16. The summed E-state index contributed by atoms with van der Waals surface area (Å²) in [5, 5.41) is 6.71. The third kappa shape index (κ3) is 5.80. The molecule has 1 atom stereocenters. The van der Waals surface area contributed by atoms with Crippen molar-refractivity contribution in [1.82, 2.24) is 14.8 Å². The zero-order chi connectivity index (χ0) is 23.3. The molecule has 1 N–H and O–H groups in total. The number of aromatic nitrogens is 3. The molecule has 2 aromatic heterocycles. The summed E-state index contributed by atoms with van der Waals surface area (Å²) in [6.07, 6.45) is 3.93. The second kappa shape index (κ2) is 10.1. The van der Waals surface area contributed by atoms with Crippen molar-refractivity contribution in [2.45, 2.75) is 37.6 Å². The predicted molar refractivity (Wildman–Crippen MR) is 123 cm³/mol. The molecule has 0 aliphatic carbocycles. The lowest BCUT2D eigenvalue weighted by molar-refractivity contribution is -0.119. The summed E-state index contributed by atoms with van der Waals surface area (Å²) in [5.74, 6) is -0.549. The maximum Gasteiger partial charge on any atom is 0.268 e. The van der Waals surface area contributed by atoms with Crippen LogP contribution in [0.25, 0.3) is 0 Å². The Hall–Kier alpha value is -3.04. The Bertz CT molecular complexity index is 1280. The van der Waals surface area contributed by atoms with Crippen molar-refractivity contribution in [1.29, 1.82) is 0 Å². The van der Waals surface area contributed by atoms with Gasteiger partial charge in [-0.1, -0.05) is 23.7 Å². The van der Waals surface area contributed by atoms with Crippen LogP contribution in [0.1, 0.15) is 30.6 Å². The molecule has 3 rings (SSSR count). The molecule has 0 spiro atoms. The van der Waals surface area contributed by atoms with E-state index in [1.807, 2.05) is 18.2 Å². The van der Waals surface area contributed by atoms with Gasteiger partial charge in [0.1, 0.15) is 6.04 Å². The highest BCUT2D eigenvalue weighted by Crippen LogP contribution is 2.23. The van der Waals surface area contributed by atoms with Crippen LogP contribution in [-0.4, -0.2) is 34.8 Å². The molecule has 0 saturated heterocycles. The van der Waals surface area contributed by atoms with Gasteiger partial charge in [0.05, 0.1) is 21.9 Å². The number of anilines is 1. The average Bonchev–Trinajstić information content (AvgIpc) is 2.75. The van der Waals surface area contributed by atoms with Crippen molar-refractivity contribution in [3.63, 3.8) is 0 Å². The second-order valence-corrected chi connectivity index (χ2v) is 9.86. The van der Waals surface area contributed by atoms with Gasteiger partial charge in [-0.15, -0.1) is 0 Å². The van der Waals surface area contributed by atoms with Crippen LogP contribution in [0, 0.1) is 6.92 Å². The summed E-state index contributed by atoms with van der Waals surface area (Å²) in [4.78, 5) is 29.0. The Balaban J connectivity index is 1.72. The molecule has 8 nitrogen and oxygen atoms in total. The maximum absolute atomic E-state index is 12.9. The lowest BCUT2D eigenvalue weighted by Gasteiger charge is -2.15. The van der Waals surface area contributed by atoms with Gasteiger partial charge in [-0.3, -0.25) is 14.6 Å². The van der Waals surface area contributed by atoms with Crippen LogP contribution < -0.4 is 10.9 Å². The molecule has 168 valence electrons. The van der Waals surface area contributed by atoms with Crippen molar-refractivity contribution >= 4 is 33.0 Å². The first-order valence-corrected chi connectivity index (χ1v) is 12.0. The molecule has 0 saturated carbocycles. The fraction of sp³-hybridized carbons (Fsp3) is 0.273. The van der Waals surface area contributed by atoms with Crippen molar-refractivity contribution in [3.8, 4) is 0 Å². The average molecular weight is 475 g/mol. The minimum absolute atomic E-state index is 0.0394. The number of amides is 1. The van der Waals surface area contributed by atoms with Gasteiger partial charge < -0.3 is 5.32 Å². The number of carbonyl (C=O) groups excluding carboxylic acids is 1. The molecule has 0 unspecified atom stereocenters. The van der Waals surface area contributed by atoms with E-state index < -0.39 is 27.3 Å². The van der Waals surface area contributed by atoms with Gasteiger partial charge in [0.15, 0.2) is 9.84 Å². The van der Waals surface area contributed by atoms with E-state index in [1.54, 1.807) is 25.3 Å². The van der Waals surface area contributed by atoms with E-state index in [1.165, 1.54) is 25.3 Å². The Morgan fingerprint density at radius 2 is 2.00 bits per heavy atom. The van der Waals surface area contributed by atoms with E-state index >= 15 is 0 Å². The standard InChI is InChI=1S/C22H23ClN4O4S/c1-15-8-9-19(26-22(29)16(2)27-21(28)12-17(23)14-25-27)13-20(15)32(30,31)11-5-7-18-6-3-4-10-24-18/h3-4,6,8-10,12-14,16H,5,7,11H2,1-2H3,(H,26,29)/t16-/m1/s1. The fourth-order valence-corrected chi connectivity index (χ4v) is 4.90. The van der Waals surface area contributed by atoms with Crippen molar-refractivity contribution in [3.05, 3.63) is 81.5 Å². The zero-order valence-electron chi connectivity index (χ0n) is 17.7. The smallest absolute Gasteiger partial charge is 0.268 e. The normalized spacial score (nSPS) is 12.3. The summed E-state index contributed by atoms with van der Waals surface area (Å²) in [6.45, 7) is 3.22. The number of benzene rings is 1. The molecule has 3 aromatic rings. The molecule has 1 aromatic carbocycles. The first-order valence-electron chi connectivity index (χ1n) is 9.96. The highest BCUT2D eigenvalue weighted by Gasteiger charge is 2.21. The Morgan fingerprint density at radius 3 is 2.69 bits per heavy atom. The summed E-state index contributed by atoms with van der Waals surface area (Å²) in [5.41, 5.74) is 1.22. The van der Waals surface area contributed by atoms with Gasteiger partial charge in [0.2, 0.25) is 5.91 Å². The second-order valence-electron chi connectivity index (χ2n) is 7.35. The van der Waals surface area contributed by atoms with Gasteiger partial charge in [0.25, 0.3) is 5.56 Å². The molecule has 32 heavy (non-hydrogen) atoms. The zero-order valence-corrected chi connectivity index (χ0v) is 19.2. The largest absolute Gasteiger partial charge is 0.324 e. The van der Waals surface area contributed by atoms with E-state index in [4.69, 9.17) is 11.6 Å². The number of pyridine rings is 1. The number of hydrogen-bond acceptors (Lipinski definition) is 6. The minimum Gasteiger partial charge on any atom is -0.324 e. The molecule has 0 aliphatic heterocycles. The van der Waals surface area contributed by atoms with Crippen molar-refractivity contribution < 1.29 is 13.2 Å². The third-order valence-electron chi connectivity index (χ3n) is 4.90. The summed E-state index contributed by atoms with van der Waals surface area (Å²) in [7, 11) is -3.56. The van der Waals surface area contributed by atoms with E-state index in [0.717, 1.165) is 10.4 Å². The van der Waals surface area contributed by atoms with Crippen molar-refractivity contribution in [2.24, 2.45) is 0 Å². The van der Waals surface area contributed by atoms with Gasteiger partial charge >= 0.3 is 0 Å². The van der Waals surface area contributed by atoms with E-state index in [0.29, 0.717) is 24.1 Å². The van der Waals surface area contributed by atoms with Gasteiger partial charge in [-0.05, 0) is 56.5 Å². The molecule has 2 heterocycles. The topological polar surface area (TPSA) is 111 Å². The summed E-state index contributed by atoms with van der Waals surface area (Å²) >= 11 is 5.74. The van der Waals surface area contributed by atoms with Gasteiger partial charge in [-0.2, -0.15) is 5.10 Å². The molecule has 0 aliphatic rings. The number of nitrogens with one attached hydrogen (secondary N) is 1. The number of hydrogen-bond donors (Lipinski definition) is 1. The number of nitrogens with zero attached hydrogens (tertiary/aromatic N) is 3. The lowest BCUT2D eigenvalue weighted by atomic mass is 10.2. The Morgan fingerprint density at radius 1 is 1.22 bits per heavy atom. The van der Waals surface area contributed by atoms with Crippen LogP contribution in [0.15, 0.2) is 64.5 Å². The van der Waals surface area contributed by atoms with Crippen LogP contribution in [0.4, 0.5) is 5.69 Å². The number of sulfone groups is 1. The number of carbonyl (C=O) groups is 1. The highest BCUT2D eigenvalue weighted by molar-refractivity contribution is 7.91. The molecular formula is C22H23ClN4O4S. The third-order valence-corrected chi connectivity index (χ3v) is 7.04. The first kappa shape index (κ1) is 23.6. The van der Waals surface area contributed by atoms with E-state index in [2.05, 4.69) is 15.4 Å². The molecule has 0 radical (unpaired) electrons. The summed E-state index contributed by atoms with van der Waals surface area (Å²) in [6, 6.07) is 10.5. The SMILES string of the molecule is Cc1ccc(NC(=O)[C@@H](C)n2ncc(Cl)cc2=O)cc1S(=O)(=O)CCCc1ccccn1. The molecular weight excluding hydrogens is 452 g/mol. The van der Waals surface area contributed by atoms with Crippen molar-refractivity contribution in [2.75, 3.05) is 11.1 Å². The van der Waals surface area contributed by atoms with Crippen LogP contribution in [-0.2, 0) is 21.1 Å². The first-order chi connectivity index (χ1) is 15.2. The molecule has 1 amide bonds. The molecule has 0 bridgehead atoms. The van der Waals surface area contributed by atoms with Crippen LogP contribution >= 0.6 is 11.6 Å². The Labute approximate surface area is 191 Å². The van der Waals surface area contributed by atoms with Crippen LogP contribution in [0.3, 0.4) is 0 Å². The quantitative estimate of drug-likeness (QED) is 0.536. The molecule has 10 heteroatoms. The van der Waals surface area contributed by atoms with E-state index in [-0.39, 0.29) is 15.7 Å². The highest BCUT2D eigenvalue weighted by atomic mass is 35.5. The van der Waals surface area contributed by atoms with E-state index in [9.17, 15) is 18.0 Å². The van der Waals surface area contributed by atoms with Crippen LogP contribution in [0.5, 0.6) is 0 Å². The number of rotatable bonds is 8. The van der Waals surface area contributed by atoms with Gasteiger partial charge in [0, 0.05) is 23.6 Å². The predicted octanol–water partition coefficient (Wildman–Crippen LogP) is 3.21. The van der Waals surface area contributed by atoms with Gasteiger partial charge in [-0.25, -0.2) is 13.1 Å². The lowest BCUT2D eigenvalue weighted by Crippen LogP contribution is -2.32.